The lowest BCUT2D eigenvalue weighted by Gasteiger charge is -2.33. The van der Waals surface area contributed by atoms with E-state index >= 15 is 0 Å². The summed E-state index contributed by atoms with van der Waals surface area (Å²) in [6.07, 6.45) is 1.46. The van der Waals surface area contributed by atoms with Gasteiger partial charge in [0.1, 0.15) is 6.10 Å². The first kappa shape index (κ1) is 24.9. The van der Waals surface area contributed by atoms with Crippen molar-refractivity contribution in [1.29, 1.82) is 0 Å². The summed E-state index contributed by atoms with van der Waals surface area (Å²) in [6.45, 7) is 0.492. The van der Waals surface area contributed by atoms with Crippen LogP contribution in [-0.4, -0.2) is 52.5 Å². The Morgan fingerprint density at radius 2 is 2.00 bits per heavy atom. The Balaban J connectivity index is 1.62. The third-order valence-corrected chi connectivity index (χ3v) is 5.93. The lowest BCUT2D eigenvalue weighted by Crippen LogP contribution is -2.45. The van der Waals surface area contributed by atoms with Crippen molar-refractivity contribution in [2.45, 2.75) is 37.3 Å². The molecular formula is C24H24BrF2NO5. The molecule has 0 aliphatic carbocycles. The number of hydrogen-bond acceptors (Lipinski definition) is 4. The molecule has 1 amide bonds. The van der Waals surface area contributed by atoms with E-state index in [1.807, 2.05) is 0 Å². The zero-order valence-corrected chi connectivity index (χ0v) is 19.3. The van der Waals surface area contributed by atoms with Gasteiger partial charge >= 0.3 is 18.0 Å². The highest BCUT2D eigenvalue weighted by Gasteiger charge is 2.39. The molecule has 0 saturated carbocycles. The zero-order valence-electron chi connectivity index (χ0n) is 17.7. The first-order chi connectivity index (χ1) is 15.7. The van der Waals surface area contributed by atoms with Gasteiger partial charge < -0.3 is 19.8 Å². The molecule has 6 nitrogen and oxygen atoms in total. The maximum Gasteiger partial charge on any atom is 0.410 e. The topological polar surface area (TPSA) is 87.1 Å². The molecule has 0 spiro atoms. The standard InChI is InChI=1S/C24H24BrF2NO5/c25-19-5-1-4-18(15-19)24(26,27)21(29)11-10-20-12-14-33-23(32)28(20)13-2-3-16-6-8-17(9-7-16)22(30)31/h1,4-11,15,20-21,29H,2-3,12-14H2,(H,30,31)/t20-,21+/m0/s1. The number of nitrogens with zero attached hydrogens (tertiary/aromatic N) is 1. The normalized spacial score (nSPS) is 17.8. The molecule has 2 aromatic rings. The summed E-state index contributed by atoms with van der Waals surface area (Å²) in [5.74, 6) is -4.50. The van der Waals surface area contributed by atoms with Crippen molar-refractivity contribution in [1.82, 2.24) is 4.90 Å². The van der Waals surface area contributed by atoms with Gasteiger partial charge in [0, 0.05) is 23.0 Å². The predicted octanol–water partition coefficient (Wildman–Crippen LogP) is 5.00. The van der Waals surface area contributed by atoms with Crippen LogP contribution in [-0.2, 0) is 17.1 Å². The molecule has 176 valence electrons. The number of halogens is 3. The number of carbonyl (C=O) groups is 2. The predicted molar refractivity (Wildman–Crippen MR) is 121 cm³/mol. The number of rotatable bonds is 9. The van der Waals surface area contributed by atoms with Gasteiger partial charge in [-0.2, -0.15) is 8.78 Å². The van der Waals surface area contributed by atoms with Crippen LogP contribution < -0.4 is 0 Å². The number of amides is 1. The fraction of sp³-hybridized carbons (Fsp3) is 0.333. The fourth-order valence-corrected chi connectivity index (χ4v) is 3.99. The van der Waals surface area contributed by atoms with Crippen LogP contribution in [0.15, 0.2) is 65.2 Å². The first-order valence-electron chi connectivity index (χ1n) is 10.4. The minimum atomic E-state index is -3.50. The van der Waals surface area contributed by atoms with E-state index in [2.05, 4.69) is 15.9 Å². The molecule has 1 fully saturated rings. The van der Waals surface area contributed by atoms with Crippen LogP contribution >= 0.6 is 15.9 Å². The Kier molecular flexibility index (Phi) is 8.20. The van der Waals surface area contributed by atoms with Crippen LogP contribution in [0.1, 0.15) is 34.3 Å². The molecule has 1 heterocycles. The summed E-state index contributed by atoms with van der Waals surface area (Å²) in [5.41, 5.74) is 0.797. The fourth-order valence-electron chi connectivity index (χ4n) is 3.59. The van der Waals surface area contributed by atoms with Gasteiger partial charge in [0.25, 0.3) is 0 Å². The number of carbonyl (C=O) groups excluding carboxylic acids is 1. The minimum absolute atomic E-state index is 0.166. The van der Waals surface area contributed by atoms with Gasteiger partial charge in [-0.15, -0.1) is 0 Å². The molecule has 0 radical (unpaired) electrons. The second-order valence-electron chi connectivity index (χ2n) is 7.73. The van der Waals surface area contributed by atoms with Crippen molar-refractivity contribution in [3.63, 3.8) is 0 Å². The van der Waals surface area contributed by atoms with E-state index in [-0.39, 0.29) is 17.7 Å². The Morgan fingerprint density at radius 3 is 2.67 bits per heavy atom. The molecule has 0 aromatic heterocycles. The number of hydrogen-bond donors (Lipinski definition) is 2. The Morgan fingerprint density at radius 1 is 1.27 bits per heavy atom. The highest BCUT2D eigenvalue weighted by molar-refractivity contribution is 9.10. The average Bonchev–Trinajstić information content (AvgIpc) is 2.79. The van der Waals surface area contributed by atoms with Crippen LogP contribution in [0, 0.1) is 0 Å². The Bertz CT molecular complexity index is 1010. The molecule has 1 saturated heterocycles. The molecule has 2 atom stereocenters. The smallest absolute Gasteiger partial charge is 0.410 e. The van der Waals surface area contributed by atoms with E-state index < -0.39 is 30.1 Å². The molecule has 0 bridgehead atoms. The number of carboxylic acid groups (broad SMARTS) is 1. The summed E-state index contributed by atoms with van der Waals surface area (Å²) in [6, 6.07) is 11.6. The molecule has 1 aliphatic rings. The lowest BCUT2D eigenvalue weighted by molar-refractivity contribution is -0.0930. The number of alkyl halides is 2. The van der Waals surface area contributed by atoms with Crippen molar-refractivity contribution < 1.29 is 33.3 Å². The molecule has 2 N–H and O–H groups in total. The van der Waals surface area contributed by atoms with Crippen LogP contribution in [0.5, 0.6) is 0 Å². The maximum atomic E-state index is 14.7. The highest BCUT2D eigenvalue weighted by atomic mass is 79.9. The quantitative estimate of drug-likeness (QED) is 0.451. The van der Waals surface area contributed by atoms with Crippen LogP contribution in [0.25, 0.3) is 0 Å². The molecule has 1 aliphatic heterocycles. The number of benzene rings is 2. The van der Waals surface area contributed by atoms with Crippen LogP contribution in [0.2, 0.25) is 0 Å². The number of cyclic esters (lactones) is 1. The molecule has 2 aromatic carbocycles. The summed E-state index contributed by atoms with van der Waals surface area (Å²) in [4.78, 5) is 24.7. The largest absolute Gasteiger partial charge is 0.478 e. The second-order valence-corrected chi connectivity index (χ2v) is 8.65. The van der Waals surface area contributed by atoms with Gasteiger partial charge in [0.15, 0.2) is 0 Å². The Hall–Kier alpha value is -2.78. The molecule has 9 heteroatoms. The number of aliphatic hydroxyl groups is 1. The van der Waals surface area contributed by atoms with Crippen molar-refractivity contribution >= 4 is 28.0 Å². The second kappa shape index (κ2) is 10.9. The van der Waals surface area contributed by atoms with Crippen LogP contribution in [0.3, 0.4) is 0 Å². The van der Waals surface area contributed by atoms with E-state index in [0.717, 1.165) is 11.6 Å². The summed E-state index contributed by atoms with van der Waals surface area (Å²) in [7, 11) is 0. The van der Waals surface area contributed by atoms with Gasteiger partial charge in [-0.25, -0.2) is 9.59 Å². The van der Waals surface area contributed by atoms with Gasteiger partial charge in [-0.1, -0.05) is 52.3 Å². The molecular weight excluding hydrogens is 500 g/mol. The van der Waals surface area contributed by atoms with Gasteiger partial charge in [-0.05, 0) is 42.7 Å². The molecule has 33 heavy (non-hydrogen) atoms. The Labute approximate surface area is 198 Å². The van der Waals surface area contributed by atoms with Crippen molar-refractivity contribution in [2.75, 3.05) is 13.2 Å². The minimum Gasteiger partial charge on any atom is -0.478 e. The van der Waals surface area contributed by atoms with Gasteiger partial charge in [-0.3, -0.25) is 0 Å². The van der Waals surface area contributed by atoms with Gasteiger partial charge in [0.2, 0.25) is 0 Å². The number of aromatic carboxylic acids is 1. The van der Waals surface area contributed by atoms with E-state index in [0.29, 0.717) is 30.3 Å². The molecule has 0 unspecified atom stereocenters. The van der Waals surface area contributed by atoms with Crippen LogP contribution in [0.4, 0.5) is 13.6 Å². The van der Waals surface area contributed by atoms with E-state index in [9.17, 15) is 23.5 Å². The van der Waals surface area contributed by atoms with Crippen molar-refractivity contribution in [3.8, 4) is 0 Å². The SMILES string of the molecule is O=C(O)c1ccc(CCCN2C(=O)OCC[C@@H]2C=C[C@@H](O)C(F)(F)c2cccc(Br)c2)cc1. The number of ether oxygens (including phenoxy) is 1. The first-order valence-corrected chi connectivity index (χ1v) is 11.2. The lowest BCUT2D eigenvalue weighted by atomic mass is 10.0. The summed E-state index contributed by atoms with van der Waals surface area (Å²) < 4.78 is 34.9. The summed E-state index contributed by atoms with van der Waals surface area (Å²) in [5, 5.41) is 19.1. The highest BCUT2D eigenvalue weighted by Crippen LogP contribution is 2.34. The van der Waals surface area contributed by atoms with Crippen molar-refractivity contribution in [3.05, 3.63) is 81.8 Å². The third kappa shape index (κ3) is 6.39. The molecule has 3 rings (SSSR count). The average molecular weight is 524 g/mol. The van der Waals surface area contributed by atoms with Crippen molar-refractivity contribution in [2.24, 2.45) is 0 Å². The van der Waals surface area contributed by atoms with E-state index in [4.69, 9.17) is 9.84 Å². The number of carboxylic acids is 1. The van der Waals surface area contributed by atoms with E-state index in [1.165, 1.54) is 41.3 Å². The summed E-state index contributed by atoms with van der Waals surface area (Å²) >= 11 is 3.15. The van der Waals surface area contributed by atoms with Gasteiger partial charge in [0.05, 0.1) is 18.2 Å². The zero-order chi connectivity index (χ0) is 24.0. The number of aliphatic hydroxyl groups excluding tert-OH is 1. The number of aryl methyl sites for hydroxylation is 1. The maximum absolute atomic E-state index is 14.7. The van der Waals surface area contributed by atoms with E-state index in [1.54, 1.807) is 18.2 Å². The third-order valence-electron chi connectivity index (χ3n) is 5.44. The monoisotopic (exact) mass is 523 g/mol.